The quantitative estimate of drug-likeness (QED) is 0.331. The monoisotopic (exact) mass is 458 g/mol. The summed E-state index contributed by atoms with van der Waals surface area (Å²) in [7, 11) is 0. The number of amides is 2. The summed E-state index contributed by atoms with van der Waals surface area (Å²) >= 11 is 1.48. The van der Waals surface area contributed by atoms with Gasteiger partial charge in [0.2, 0.25) is 5.91 Å². The number of hydrogen-bond acceptors (Lipinski definition) is 7. The van der Waals surface area contributed by atoms with Crippen LogP contribution >= 0.6 is 11.3 Å². The van der Waals surface area contributed by atoms with Gasteiger partial charge in [-0.2, -0.15) is 0 Å². The van der Waals surface area contributed by atoms with E-state index in [9.17, 15) is 24.5 Å². The molecule has 2 amide bonds. The number of hydrazine groups is 1. The molecule has 11 heteroatoms. The highest BCUT2D eigenvalue weighted by Crippen LogP contribution is 2.28. The summed E-state index contributed by atoms with van der Waals surface area (Å²) in [5.41, 5.74) is 6.46. The lowest BCUT2D eigenvalue weighted by Gasteiger charge is -2.06. The molecule has 0 aliphatic heterocycles. The van der Waals surface area contributed by atoms with Gasteiger partial charge in [-0.1, -0.05) is 6.42 Å². The topological polar surface area (TPSA) is 136 Å². The van der Waals surface area contributed by atoms with Crippen molar-refractivity contribution in [3.8, 4) is 0 Å². The summed E-state index contributed by atoms with van der Waals surface area (Å²) in [6, 6.07) is 5.84. The Balaban J connectivity index is 1.28. The number of aromatic nitrogens is 1. The predicted molar refractivity (Wildman–Crippen MR) is 118 cm³/mol. The standard InChI is InChI=1S/C21H22N4O6S/c26-19(22-23-20(27)18-11-13-5-2-1-3-6-17(13)32-18)7-4-10-24-15-9-8-14(25(29)30)12-16(15)31-21(24)28/h8-9,11-12H,1-7,10H2,(H,22,26)(H,23,27). The van der Waals surface area contributed by atoms with Crippen LogP contribution in [0.15, 0.2) is 33.5 Å². The number of nitrogens with zero attached hydrogens (tertiary/aromatic N) is 2. The Morgan fingerprint density at radius 2 is 1.97 bits per heavy atom. The Morgan fingerprint density at radius 1 is 1.16 bits per heavy atom. The minimum Gasteiger partial charge on any atom is -0.407 e. The molecule has 0 spiro atoms. The molecule has 0 fully saturated rings. The number of nitrogens with one attached hydrogen (secondary N) is 2. The normalized spacial score (nSPS) is 13.4. The lowest BCUT2D eigenvalue weighted by molar-refractivity contribution is -0.384. The van der Waals surface area contributed by atoms with Crippen molar-refractivity contribution in [2.24, 2.45) is 0 Å². The van der Waals surface area contributed by atoms with Gasteiger partial charge >= 0.3 is 5.76 Å². The van der Waals surface area contributed by atoms with Crippen molar-refractivity contribution in [1.29, 1.82) is 0 Å². The lowest BCUT2D eigenvalue weighted by atomic mass is 10.1. The molecule has 0 bridgehead atoms. The Hall–Kier alpha value is -3.47. The highest BCUT2D eigenvalue weighted by molar-refractivity contribution is 7.14. The SMILES string of the molecule is O=C(CCCn1c(=O)oc2cc([N+](=O)[O-])ccc21)NNC(=O)c1cc2c(s1)CCCCC2. The van der Waals surface area contributed by atoms with E-state index in [2.05, 4.69) is 10.9 Å². The maximum absolute atomic E-state index is 12.4. The van der Waals surface area contributed by atoms with E-state index in [0.717, 1.165) is 25.7 Å². The number of hydrogen-bond donors (Lipinski definition) is 2. The molecule has 1 aliphatic rings. The molecule has 2 aromatic heterocycles. The van der Waals surface area contributed by atoms with Gasteiger partial charge < -0.3 is 4.42 Å². The number of fused-ring (bicyclic) bond motifs is 2. The van der Waals surface area contributed by atoms with Crippen LogP contribution < -0.4 is 16.6 Å². The van der Waals surface area contributed by atoms with Crippen LogP contribution in [-0.4, -0.2) is 21.3 Å². The van der Waals surface area contributed by atoms with E-state index in [1.54, 1.807) is 0 Å². The first kappa shape index (κ1) is 21.8. The number of carbonyl (C=O) groups is 2. The maximum atomic E-state index is 12.4. The van der Waals surface area contributed by atoms with Crippen LogP contribution in [0.2, 0.25) is 0 Å². The van der Waals surface area contributed by atoms with Crippen molar-refractivity contribution in [2.75, 3.05) is 0 Å². The summed E-state index contributed by atoms with van der Waals surface area (Å²) in [5, 5.41) is 10.9. The first-order valence-corrected chi connectivity index (χ1v) is 11.2. The minimum atomic E-state index is -0.647. The number of nitro groups is 1. The van der Waals surface area contributed by atoms with E-state index in [1.165, 1.54) is 51.0 Å². The Morgan fingerprint density at radius 3 is 2.78 bits per heavy atom. The second-order valence-corrected chi connectivity index (χ2v) is 8.79. The molecule has 0 atom stereocenters. The molecule has 10 nitrogen and oxygen atoms in total. The van der Waals surface area contributed by atoms with Gasteiger partial charge in [-0.3, -0.25) is 35.1 Å². The molecular formula is C21H22N4O6S. The van der Waals surface area contributed by atoms with E-state index in [-0.39, 0.29) is 36.1 Å². The Bertz CT molecular complexity index is 1220. The Labute approximate surface area is 186 Å². The number of non-ortho nitro benzene ring substituents is 1. The van der Waals surface area contributed by atoms with E-state index in [0.29, 0.717) is 16.8 Å². The molecule has 0 unspecified atom stereocenters. The van der Waals surface area contributed by atoms with Crippen molar-refractivity contribution in [1.82, 2.24) is 15.4 Å². The number of benzene rings is 1. The first-order valence-electron chi connectivity index (χ1n) is 10.4. The number of nitro benzene ring substituents is 1. The molecular weight excluding hydrogens is 436 g/mol. The number of thiophene rings is 1. The van der Waals surface area contributed by atoms with Crippen molar-refractivity contribution >= 4 is 39.9 Å². The van der Waals surface area contributed by atoms with Gasteiger partial charge in [-0.05, 0) is 49.8 Å². The van der Waals surface area contributed by atoms with Crippen LogP contribution in [0.5, 0.6) is 0 Å². The molecule has 1 aromatic carbocycles. The fourth-order valence-electron chi connectivity index (χ4n) is 3.81. The van der Waals surface area contributed by atoms with Crippen molar-refractivity contribution in [2.45, 2.75) is 51.5 Å². The van der Waals surface area contributed by atoms with Crippen LogP contribution in [-0.2, 0) is 24.2 Å². The van der Waals surface area contributed by atoms with Gasteiger partial charge in [0.25, 0.3) is 11.6 Å². The highest BCUT2D eigenvalue weighted by atomic mass is 32.1. The molecule has 0 saturated heterocycles. The number of aryl methyl sites for hydroxylation is 3. The first-order chi connectivity index (χ1) is 15.4. The lowest BCUT2D eigenvalue weighted by Crippen LogP contribution is -2.41. The third-order valence-corrected chi connectivity index (χ3v) is 6.67. The smallest absolute Gasteiger partial charge is 0.407 e. The summed E-state index contributed by atoms with van der Waals surface area (Å²) in [4.78, 5) is 48.6. The molecule has 168 valence electrons. The average Bonchev–Trinajstić information content (AvgIpc) is 3.23. The van der Waals surface area contributed by atoms with E-state index >= 15 is 0 Å². The van der Waals surface area contributed by atoms with E-state index < -0.39 is 10.7 Å². The second kappa shape index (κ2) is 9.35. The molecule has 32 heavy (non-hydrogen) atoms. The zero-order valence-corrected chi connectivity index (χ0v) is 18.0. The third kappa shape index (κ3) is 4.72. The maximum Gasteiger partial charge on any atom is 0.419 e. The van der Waals surface area contributed by atoms with E-state index in [4.69, 9.17) is 4.42 Å². The molecule has 3 aromatic rings. The van der Waals surface area contributed by atoms with Gasteiger partial charge in [0.1, 0.15) is 0 Å². The largest absolute Gasteiger partial charge is 0.419 e. The zero-order valence-electron chi connectivity index (χ0n) is 17.2. The van der Waals surface area contributed by atoms with Gasteiger partial charge in [0.15, 0.2) is 5.58 Å². The summed E-state index contributed by atoms with van der Waals surface area (Å²) in [6.45, 7) is 0.197. The van der Waals surface area contributed by atoms with Crippen molar-refractivity contribution < 1.29 is 18.9 Å². The molecule has 0 radical (unpaired) electrons. The molecule has 4 rings (SSSR count). The summed E-state index contributed by atoms with van der Waals surface area (Å²) in [6.07, 6.45) is 5.86. The number of carbonyl (C=O) groups excluding carboxylic acids is 2. The van der Waals surface area contributed by atoms with Crippen LogP contribution in [0, 0.1) is 10.1 Å². The highest BCUT2D eigenvalue weighted by Gasteiger charge is 2.17. The second-order valence-electron chi connectivity index (χ2n) is 7.65. The van der Waals surface area contributed by atoms with Gasteiger partial charge in [-0.15, -0.1) is 11.3 Å². The number of oxazole rings is 1. The van der Waals surface area contributed by atoms with Crippen LogP contribution in [0.25, 0.3) is 11.1 Å². The molecule has 1 aliphatic carbocycles. The van der Waals surface area contributed by atoms with Gasteiger partial charge in [0.05, 0.1) is 21.4 Å². The summed E-state index contributed by atoms with van der Waals surface area (Å²) < 4.78 is 6.39. The summed E-state index contributed by atoms with van der Waals surface area (Å²) in [5.74, 6) is -1.37. The zero-order chi connectivity index (χ0) is 22.7. The van der Waals surface area contributed by atoms with Crippen LogP contribution in [0.3, 0.4) is 0 Å². The molecule has 2 N–H and O–H groups in total. The third-order valence-electron chi connectivity index (χ3n) is 5.43. The predicted octanol–water partition coefficient (Wildman–Crippen LogP) is 3.07. The fraction of sp³-hybridized carbons (Fsp3) is 0.381. The fourth-order valence-corrected chi connectivity index (χ4v) is 4.96. The van der Waals surface area contributed by atoms with Crippen molar-refractivity contribution in [3.05, 3.63) is 60.2 Å². The van der Waals surface area contributed by atoms with Gasteiger partial charge in [0, 0.05) is 23.9 Å². The van der Waals surface area contributed by atoms with Gasteiger partial charge in [-0.25, -0.2) is 4.79 Å². The Kier molecular flexibility index (Phi) is 6.35. The van der Waals surface area contributed by atoms with Crippen LogP contribution in [0.1, 0.15) is 52.2 Å². The average molecular weight is 458 g/mol. The van der Waals surface area contributed by atoms with Crippen molar-refractivity contribution in [3.63, 3.8) is 0 Å². The van der Waals surface area contributed by atoms with Crippen LogP contribution in [0.4, 0.5) is 5.69 Å². The minimum absolute atomic E-state index is 0.0767. The van der Waals surface area contributed by atoms with E-state index in [1.807, 2.05) is 6.07 Å². The number of rotatable bonds is 6. The molecule has 2 heterocycles. The molecule has 0 saturated carbocycles.